The molecule has 35 heavy (non-hydrogen) atoms. The number of carbonyl (C=O) groups is 1. The Morgan fingerprint density at radius 2 is 1.94 bits per heavy atom. The van der Waals surface area contributed by atoms with Gasteiger partial charge in [-0.05, 0) is 55.0 Å². The Morgan fingerprint density at radius 3 is 2.60 bits per heavy atom. The molecule has 10 nitrogen and oxygen atoms in total. The Labute approximate surface area is 201 Å². The molecule has 0 radical (unpaired) electrons. The van der Waals surface area contributed by atoms with Crippen molar-refractivity contribution in [2.24, 2.45) is 12.8 Å². The summed E-state index contributed by atoms with van der Waals surface area (Å²) in [5.74, 6) is 0.454. The van der Waals surface area contributed by atoms with Crippen molar-refractivity contribution in [1.29, 1.82) is 0 Å². The van der Waals surface area contributed by atoms with Crippen LogP contribution in [0.1, 0.15) is 76.7 Å². The minimum Gasteiger partial charge on any atom is -0.380 e. The van der Waals surface area contributed by atoms with Crippen LogP contribution in [0.25, 0.3) is 11.4 Å². The minimum absolute atomic E-state index is 0.0357. The third-order valence-electron chi connectivity index (χ3n) is 7.36. The summed E-state index contributed by atoms with van der Waals surface area (Å²) in [7, 11) is 1.73. The van der Waals surface area contributed by atoms with Gasteiger partial charge >= 0.3 is 0 Å². The summed E-state index contributed by atoms with van der Waals surface area (Å²) < 4.78 is 3.52. The van der Waals surface area contributed by atoms with Crippen molar-refractivity contribution in [1.82, 2.24) is 29.3 Å². The quantitative estimate of drug-likeness (QED) is 0.403. The molecule has 10 heteroatoms. The first-order valence-corrected chi connectivity index (χ1v) is 11.5. The van der Waals surface area contributed by atoms with Gasteiger partial charge in [0.1, 0.15) is 17.5 Å². The maximum absolute atomic E-state index is 12.5. The highest BCUT2D eigenvalue weighted by atomic mass is 16.3. The van der Waals surface area contributed by atoms with E-state index in [-0.39, 0.29) is 17.6 Å². The van der Waals surface area contributed by atoms with E-state index in [2.05, 4.69) is 20.1 Å². The van der Waals surface area contributed by atoms with Gasteiger partial charge in [0.2, 0.25) is 0 Å². The van der Waals surface area contributed by atoms with Crippen molar-refractivity contribution in [3.05, 3.63) is 83.0 Å². The van der Waals surface area contributed by atoms with Gasteiger partial charge in [-0.1, -0.05) is 12.1 Å². The molecule has 1 amide bonds. The molecule has 4 aromatic rings. The van der Waals surface area contributed by atoms with Crippen LogP contribution in [0.2, 0.25) is 0 Å². The van der Waals surface area contributed by atoms with Gasteiger partial charge < -0.3 is 20.5 Å². The summed E-state index contributed by atoms with van der Waals surface area (Å²) in [4.78, 5) is 25.6. The first-order chi connectivity index (χ1) is 16.8. The van der Waals surface area contributed by atoms with Crippen LogP contribution in [0, 0.1) is 0 Å². The molecule has 2 bridgehead atoms. The third-order valence-corrected chi connectivity index (χ3v) is 7.36. The molecule has 3 aromatic heterocycles. The molecular formula is C25H25N7O3. The average Bonchev–Trinajstić information content (AvgIpc) is 3.36. The standard InChI is InChI=1S/C25H25N7O3/c1-25(35,24-27-7-3-8-28-24)14-4-5-16-13-10-15(11-13)32-20(21(33)18-6-9-29-31(18)2)19(22(26)34)30-23(32)17(16)12-14/h3-9,12-13,15,21,33,35H,10-11H2,1-2H3,(H2,26,34)/t13?,15?,21?,25-/m1/s1. The van der Waals surface area contributed by atoms with Crippen molar-refractivity contribution >= 4 is 5.91 Å². The Hall–Kier alpha value is -3.89. The molecule has 1 aromatic carbocycles. The lowest BCUT2D eigenvalue weighted by Gasteiger charge is -2.36. The Bertz CT molecular complexity index is 1450. The predicted octanol–water partition coefficient (Wildman–Crippen LogP) is 1.94. The number of aryl methyl sites for hydroxylation is 1. The molecule has 1 saturated carbocycles. The maximum Gasteiger partial charge on any atom is 0.269 e. The number of nitrogens with zero attached hydrogens (tertiary/aromatic N) is 6. The van der Waals surface area contributed by atoms with Crippen LogP contribution in [-0.4, -0.2) is 45.4 Å². The Morgan fingerprint density at radius 1 is 1.20 bits per heavy atom. The zero-order chi connectivity index (χ0) is 24.5. The van der Waals surface area contributed by atoms with Crippen LogP contribution in [0.15, 0.2) is 48.9 Å². The molecule has 1 aliphatic carbocycles. The highest BCUT2D eigenvalue weighted by Gasteiger charge is 2.43. The molecule has 4 N–H and O–H groups in total. The first-order valence-electron chi connectivity index (χ1n) is 11.5. The monoisotopic (exact) mass is 471 g/mol. The number of primary amides is 1. The second kappa shape index (κ2) is 7.56. The largest absolute Gasteiger partial charge is 0.380 e. The summed E-state index contributed by atoms with van der Waals surface area (Å²) in [5, 5.41) is 26.9. The molecule has 5 heterocycles. The fraction of sp³-hybridized carbons (Fsp3) is 0.320. The second-order valence-electron chi connectivity index (χ2n) is 9.45. The number of hydrogen-bond donors (Lipinski definition) is 3. The smallest absolute Gasteiger partial charge is 0.269 e. The molecule has 1 unspecified atom stereocenters. The second-order valence-corrected chi connectivity index (χ2v) is 9.45. The van der Waals surface area contributed by atoms with E-state index in [1.54, 1.807) is 49.4 Å². The van der Waals surface area contributed by atoms with Crippen LogP contribution in [0.3, 0.4) is 0 Å². The molecule has 0 spiro atoms. The summed E-state index contributed by atoms with van der Waals surface area (Å²) >= 11 is 0. The number of aliphatic hydroxyl groups is 2. The number of benzene rings is 1. The minimum atomic E-state index is -1.44. The van der Waals surface area contributed by atoms with E-state index >= 15 is 0 Å². The van der Waals surface area contributed by atoms with Crippen molar-refractivity contribution in [2.75, 3.05) is 0 Å². The highest BCUT2D eigenvalue weighted by Crippen LogP contribution is 2.54. The van der Waals surface area contributed by atoms with E-state index < -0.39 is 17.6 Å². The summed E-state index contributed by atoms with van der Waals surface area (Å²) in [5.41, 5.74) is 7.74. The van der Waals surface area contributed by atoms with Crippen molar-refractivity contribution in [3.63, 3.8) is 0 Å². The molecule has 2 aliphatic heterocycles. The lowest BCUT2D eigenvalue weighted by atomic mass is 9.75. The Kier molecular flexibility index (Phi) is 4.67. The van der Waals surface area contributed by atoms with E-state index in [9.17, 15) is 15.0 Å². The van der Waals surface area contributed by atoms with Gasteiger partial charge in [0.25, 0.3) is 5.91 Å². The van der Waals surface area contributed by atoms with Crippen LogP contribution in [0.4, 0.5) is 0 Å². The lowest BCUT2D eigenvalue weighted by molar-refractivity contribution is 0.0921. The predicted molar refractivity (Wildman–Crippen MR) is 125 cm³/mol. The topological polar surface area (TPSA) is 145 Å². The molecule has 3 aliphatic rings. The number of amides is 1. The highest BCUT2D eigenvalue weighted by molar-refractivity contribution is 5.93. The van der Waals surface area contributed by atoms with Crippen LogP contribution < -0.4 is 5.73 Å². The fourth-order valence-corrected chi connectivity index (χ4v) is 5.38. The molecule has 1 fully saturated rings. The molecule has 178 valence electrons. The number of carbonyl (C=O) groups excluding carboxylic acids is 1. The van der Waals surface area contributed by atoms with Crippen molar-refractivity contribution in [2.45, 2.75) is 43.4 Å². The summed E-state index contributed by atoms with van der Waals surface area (Å²) in [6.45, 7) is 1.65. The SMILES string of the molecule is Cn1nccc1C(O)c1c(C(N)=O)nc2n1C1CC(C1)c1ccc([C@@](C)(O)c3ncccn3)cc1-2. The summed E-state index contributed by atoms with van der Waals surface area (Å²) in [6, 6.07) is 9.26. The zero-order valence-corrected chi connectivity index (χ0v) is 19.3. The number of aromatic nitrogens is 6. The van der Waals surface area contributed by atoms with Gasteiger partial charge in [-0.25, -0.2) is 15.0 Å². The summed E-state index contributed by atoms with van der Waals surface area (Å²) in [6.07, 6.45) is 5.36. The number of rotatable bonds is 5. The average molecular weight is 472 g/mol. The van der Waals surface area contributed by atoms with Gasteiger partial charge in [0.05, 0.1) is 11.4 Å². The molecule has 0 saturated heterocycles. The van der Waals surface area contributed by atoms with E-state index in [1.807, 2.05) is 22.8 Å². The van der Waals surface area contributed by atoms with Crippen LogP contribution in [0.5, 0.6) is 0 Å². The zero-order valence-electron chi connectivity index (χ0n) is 19.3. The molecule has 7 rings (SSSR count). The molecule has 2 atom stereocenters. The van der Waals surface area contributed by atoms with E-state index in [1.165, 1.54) is 0 Å². The van der Waals surface area contributed by atoms with Gasteiger partial charge in [0.15, 0.2) is 11.5 Å². The number of imidazole rings is 1. The fourth-order valence-electron chi connectivity index (χ4n) is 5.38. The maximum atomic E-state index is 12.5. The molecular weight excluding hydrogens is 446 g/mol. The normalized spacial score (nSPS) is 20.7. The van der Waals surface area contributed by atoms with Gasteiger partial charge in [-0.3, -0.25) is 9.48 Å². The third kappa shape index (κ3) is 3.14. The van der Waals surface area contributed by atoms with Gasteiger partial charge in [0, 0.05) is 37.2 Å². The van der Waals surface area contributed by atoms with Gasteiger partial charge in [-0.2, -0.15) is 5.10 Å². The van der Waals surface area contributed by atoms with E-state index in [4.69, 9.17) is 5.73 Å². The van der Waals surface area contributed by atoms with Crippen molar-refractivity contribution in [3.8, 4) is 11.4 Å². The van der Waals surface area contributed by atoms with E-state index in [0.29, 0.717) is 28.7 Å². The first kappa shape index (κ1) is 21.6. The number of hydrogen-bond acceptors (Lipinski definition) is 7. The Balaban J connectivity index is 1.56. The number of aliphatic hydroxyl groups excluding tert-OH is 1. The van der Waals surface area contributed by atoms with Crippen LogP contribution >= 0.6 is 0 Å². The lowest BCUT2D eigenvalue weighted by Crippen LogP contribution is -2.27. The van der Waals surface area contributed by atoms with Crippen LogP contribution in [-0.2, 0) is 12.6 Å². The number of nitrogens with two attached hydrogens (primary N) is 1. The van der Waals surface area contributed by atoms with E-state index in [0.717, 1.165) is 24.0 Å². The van der Waals surface area contributed by atoms with Gasteiger partial charge in [-0.15, -0.1) is 0 Å². The van der Waals surface area contributed by atoms with Crippen molar-refractivity contribution < 1.29 is 15.0 Å².